The molecule has 4 rings (SSSR count). The number of amides is 1. The summed E-state index contributed by atoms with van der Waals surface area (Å²) in [6.45, 7) is 4.80. The lowest BCUT2D eigenvalue weighted by atomic mass is 10.2. The van der Waals surface area contributed by atoms with Crippen LogP contribution in [0.25, 0.3) is 0 Å². The van der Waals surface area contributed by atoms with Crippen molar-refractivity contribution in [1.29, 1.82) is 0 Å². The van der Waals surface area contributed by atoms with Gasteiger partial charge >= 0.3 is 0 Å². The maximum atomic E-state index is 12.4. The number of nitrogens with zero attached hydrogens (tertiary/aromatic N) is 4. The van der Waals surface area contributed by atoms with E-state index in [-0.39, 0.29) is 5.91 Å². The second kappa shape index (κ2) is 4.84. The van der Waals surface area contributed by atoms with Crippen LogP contribution >= 0.6 is 0 Å². The minimum atomic E-state index is -0.0146. The molecule has 2 saturated carbocycles. The van der Waals surface area contributed by atoms with E-state index in [4.69, 9.17) is 0 Å². The summed E-state index contributed by atoms with van der Waals surface area (Å²) in [5.41, 5.74) is 0. The number of carbonyl (C=O) groups excluding carboxylic acids is 1. The zero-order chi connectivity index (χ0) is 13.5. The quantitative estimate of drug-likeness (QED) is 0.884. The lowest BCUT2D eigenvalue weighted by molar-refractivity contribution is 0.0620. The van der Waals surface area contributed by atoms with Gasteiger partial charge in [0.25, 0.3) is 5.91 Å². The zero-order valence-corrected chi connectivity index (χ0v) is 11.7. The molecule has 1 amide bonds. The first kappa shape index (κ1) is 12.3. The number of aromatic amines is 1. The van der Waals surface area contributed by atoms with E-state index in [0.29, 0.717) is 11.7 Å². The Morgan fingerprint density at radius 2 is 1.90 bits per heavy atom. The summed E-state index contributed by atoms with van der Waals surface area (Å²) in [6, 6.07) is 0. The molecule has 20 heavy (non-hydrogen) atoms. The Labute approximate surface area is 118 Å². The molecule has 2 aliphatic carbocycles. The largest absolute Gasteiger partial charge is 0.333 e. The van der Waals surface area contributed by atoms with Crippen molar-refractivity contribution in [2.45, 2.75) is 31.6 Å². The Bertz CT molecular complexity index is 497. The molecule has 108 valence electrons. The Balaban J connectivity index is 1.33. The van der Waals surface area contributed by atoms with Crippen molar-refractivity contribution in [1.82, 2.24) is 25.0 Å². The highest BCUT2D eigenvalue weighted by molar-refractivity contribution is 5.90. The summed E-state index contributed by atoms with van der Waals surface area (Å²) in [6.07, 6.45) is 5.12. The molecule has 6 nitrogen and oxygen atoms in total. The third-order valence-corrected chi connectivity index (χ3v) is 4.53. The summed E-state index contributed by atoms with van der Waals surface area (Å²) in [5, 5.41) is 7.00. The molecule has 0 radical (unpaired) electrons. The molecule has 0 aromatic carbocycles. The first-order valence-electron chi connectivity index (χ1n) is 7.73. The van der Waals surface area contributed by atoms with E-state index < -0.39 is 0 Å². The number of hydrogen-bond donors (Lipinski definition) is 1. The average Bonchev–Trinajstić information content (AvgIpc) is 3.40. The summed E-state index contributed by atoms with van der Waals surface area (Å²) >= 11 is 0. The summed E-state index contributed by atoms with van der Waals surface area (Å²) in [5.74, 6) is 2.66. The van der Waals surface area contributed by atoms with Crippen LogP contribution in [0.3, 0.4) is 0 Å². The number of rotatable bonds is 4. The Morgan fingerprint density at radius 1 is 1.15 bits per heavy atom. The normalized spacial score (nSPS) is 24.1. The van der Waals surface area contributed by atoms with Crippen LogP contribution in [-0.4, -0.2) is 63.6 Å². The van der Waals surface area contributed by atoms with Crippen molar-refractivity contribution in [3.05, 3.63) is 11.6 Å². The maximum Gasteiger partial charge on any atom is 0.293 e. The zero-order valence-electron chi connectivity index (χ0n) is 11.7. The van der Waals surface area contributed by atoms with Crippen LogP contribution in [0.1, 0.15) is 48.0 Å². The molecule has 1 aromatic rings. The SMILES string of the molecule is O=C(c1n[nH]c(C2CC2)n1)N1CCN(CC2CC2)CC1. The number of nitrogens with one attached hydrogen (secondary N) is 1. The second-order valence-electron chi connectivity index (χ2n) is 6.35. The Hall–Kier alpha value is -1.43. The molecule has 2 heterocycles. The summed E-state index contributed by atoms with van der Waals surface area (Å²) in [4.78, 5) is 21.1. The van der Waals surface area contributed by atoms with Crippen LogP contribution in [0.4, 0.5) is 0 Å². The van der Waals surface area contributed by atoms with Crippen LogP contribution in [0.5, 0.6) is 0 Å². The fraction of sp³-hybridized carbons (Fsp3) is 0.786. The van der Waals surface area contributed by atoms with Gasteiger partial charge in [0.15, 0.2) is 0 Å². The fourth-order valence-corrected chi connectivity index (χ4v) is 2.85. The highest BCUT2D eigenvalue weighted by Crippen LogP contribution is 2.37. The molecule has 6 heteroatoms. The van der Waals surface area contributed by atoms with Gasteiger partial charge in [-0.15, -0.1) is 5.10 Å². The third-order valence-electron chi connectivity index (χ3n) is 4.53. The van der Waals surface area contributed by atoms with Crippen LogP contribution < -0.4 is 0 Å². The number of H-pyrrole nitrogens is 1. The Kier molecular flexibility index (Phi) is 2.98. The number of aromatic nitrogens is 3. The van der Waals surface area contributed by atoms with Gasteiger partial charge in [-0.1, -0.05) is 0 Å². The van der Waals surface area contributed by atoms with Gasteiger partial charge in [-0.05, 0) is 31.6 Å². The van der Waals surface area contributed by atoms with Crippen LogP contribution in [0, 0.1) is 5.92 Å². The molecule has 0 bridgehead atoms. The molecule has 0 atom stereocenters. The van der Waals surface area contributed by atoms with Crippen molar-refractivity contribution in [3.63, 3.8) is 0 Å². The van der Waals surface area contributed by atoms with Crippen molar-refractivity contribution >= 4 is 5.91 Å². The molecule has 1 saturated heterocycles. The van der Waals surface area contributed by atoms with Gasteiger partial charge in [0.1, 0.15) is 5.82 Å². The van der Waals surface area contributed by atoms with Gasteiger partial charge < -0.3 is 4.90 Å². The van der Waals surface area contributed by atoms with E-state index in [2.05, 4.69) is 20.1 Å². The molecule has 3 aliphatic rings. The van der Waals surface area contributed by atoms with Gasteiger partial charge in [0.2, 0.25) is 5.82 Å². The van der Waals surface area contributed by atoms with Crippen molar-refractivity contribution in [3.8, 4) is 0 Å². The molecule has 1 aliphatic heterocycles. The third kappa shape index (κ3) is 2.57. The monoisotopic (exact) mass is 275 g/mol. The van der Waals surface area contributed by atoms with Gasteiger partial charge in [-0.3, -0.25) is 14.8 Å². The molecular weight excluding hydrogens is 254 g/mol. The molecule has 1 N–H and O–H groups in total. The molecule has 3 fully saturated rings. The summed E-state index contributed by atoms with van der Waals surface area (Å²) < 4.78 is 0. The van der Waals surface area contributed by atoms with E-state index in [1.165, 1.54) is 32.2 Å². The topological polar surface area (TPSA) is 65.1 Å². The fourth-order valence-electron chi connectivity index (χ4n) is 2.85. The highest BCUT2D eigenvalue weighted by atomic mass is 16.2. The van der Waals surface area contributed by atoms with E-state index in [9.17, 15) is 4.79 Å². The Morgan fingerprint density at radius 3 is 2.55 bits per heavy atom. The minimum Gasteiger partial charge on any atom is -0.333 e. The predicted octanol–water partition coefficient (Wildman–Crippen LogP) is 0.850. The van der Waals surface area contributed by atoms with Crippen LogP contribution in [-0.2, 0) is 0 Å². The predicted molar refractivity (Wildman–Crippen MR) is 73.4 cm³/mol. The van der Waals surface area contributed by atoms with Crippen molar-refractivity contribution < 1.29 is 4.79 Å². The van der Waals surface area contributed by atoms with Gasteiger partial charge in [0, 0.05) is 38.6 Å². The lowest BCUT2D eigenvalue weighted by Gasteiger charge is -2.34. The minimum absolute atomic E-state index is 0.0146. The van der Waals surface area contributed by atoms with Crippen LogP contribution in [0.15, 0.2) is 0 Å². The van der Waals surface area contributed by atoms with E-state index in [1.54, 1.807) is 0 Å². The first-order valence-corrected chi connectivity index (χ1v) is 7.73. The number of hydrogen-bond acceptors (Lipinski definition) is 4. The summed E-state index contributed by atoms with van der Waals surface area (Å²) in [7, 11) is 0. The van der Waals surface area contributed by atoms with E-state index in [0.717, 1.165) is 37.9 Å². The molecule has 0 unspecified atom stereocenters. The van der Waals surface area contributed by atoms with Crippen molar-refractivity contribution in [2.75, 3.05) is 32.7 Å². The van der Waals surface area contributed by atoms with E-state index >= 15 is 0 Å². The average molecular weight is 275 g/mol. The van der Waals surface area contributed by atoms with Gasteiger partial charge in [0.05, 0.1) is 0 Å². The molecular formula is C14H21N5O. The number of carbonyl (C=O) groups is 1. The maximum absolute atomic E-state index is 12.4. The lowest BCUT2D eigenvalue weighted by Crippen LogP contribution is -2.49. The van der Waals surface area contributed by atoms with Crippen LogP contribution in [0.2, 0.25) is 0 Å². The standard InChI is InChI=1S/C14H21N5O/c20-14(13-15-12(16-17-13)11-3-4-11)19-7-5-18(6-8-19)9-10-1-2-10/h10-11H,1-9H2,(H,15,16,17). The van der Waals surface area contributed by atoms with Gasteiger partial charge in [-0.25, -0.2) is 4.98 Å². The molecule has 1 aromatic heterocycles. The molecule has 0 spiro atoms. The van der Waals surface area contributed by atoms with Crippen molar-refractivity contribution in [2.24, 2.45) is 5.92 Å². The van der Waals surface area contributed by atoms with Gasteiger partial charge in [-0.2, -0.15) is 0 Å². The highest BCUT2D eigenvalue weighted by Gasteiger charge is 2.31. The smallest absolute Gasteiger partial charge is 0.293 e. The number of piperazine rings is 1. The first-order chi connectivity index (χ1) is 9.79. The second-order valence-corrected chi connectivity index (χ2v) is 6.35. The van der Waals surface area contributed by atoms with E-state index in [1.807, 2.05) is 4.90 Å².